The van der Waals surface area contributed by atoms with Crippen LogP contribution < -0.4 is 0 Å². The van der Waals surface area contributed by atoms with Crippen LogP contribution in [0, 0.1) is 0 Å². The molecule has 1 heterocycles. The van der Waals surface area contributed by atoms with Gasteiger partial charge in [0.25, 0.3) is 0 Å². The Hall–Kier alpha value is -0.0551. The lowest BCUT2D eigenvalue weighted by atomic mass is 9.75. The molecular formula is C12H26BNO2. The lowest BCUT2D eigenvalue weighted by Gasteiger charge is -2.32. The van der Waals surface area contributed by atoms with Crippen LogP contribution in [0.4, 0.5) is 0 Å². The van der Waals surface area contributed by atoms with Gasteiger partial charge in [0, 0.05) is 5.94 Å². The largest absolute Gasteiger partial charge is 0.476 e. The van der Waals surface area contributed by atoms with E-state index in [0.29, 0.717) is 5.94 Å². The summed E-state index contributed by atoms with van der Waals surface area (Å²) in [6, 6.07) is 0. The molecule has 1 atom stereocenters. The van der Waals surface area contributed by atoms with Gasteiger partial charge in [-0.15, -0.1) is 0 Å². The van der Waals surface area contributed by atoms with Crippen molar-refractivity contribution in [2.75, 3.05) is 14.1 Å². The van der Waals surface area contributed by atoms with Gasteiger partial charge in [-0.05, 0) is 48.2 Å². The van der Waals surface area contributed by atoms with E-state index < -0.39 is 0 Å². The van der Waals surface area contributed by atoms with Crippen LogP contribution in [-0.4, -0.2) is 43.3 Å². The van der Waals surface area contributed by atoms with Gasteiger partial charge in [0.05, 0.1) is 11.2 Å². The van der Waals surface area contributed by atoms with Crippen LogP contribution in [0.15, 0.2) is 0 Å². The maximum Gasteiger partial charge on any atom is 0.476 e. The molecule has 0 radical (unpaired) electrons. The minimum atomic E-state index is -0.223. The molecule has 16 heavy (non-hydrogen) atoms. The van der Waals surface area contributed by atoms with Crippen LogP contribution in [0.5, 0.6) is 0 Å². The average molecular weight is 227 g/mol. The van der Waals surface area contributed by atoms with Gasteiger partial charge < -0.3 is 14.2 Å². The molecule has 0 N–H and O–H groups in total. The summed E-state index contributed by atoms with van der Waals surface area (Å²) in [4.78, 5) is 2.20. The van der Waals surface area contributed by atoms with E-state index in [4.69, 9.17) is 9.31 Å². The lowest BCUT2D eigenvalue weighted by molar-refractivity contribution is 0.00578. The first-order valence-corrected chi connectivity index (χ1v) is 6.23. The van der Waals surface area contributed by atoms with Crippen molar-refractivity contribution < 1.29 is 9.31 Å². The van der Waals surface area contributed by atoms with Crippen molar-refractivity contribution >= 4 is 7.12 Å². The highest BCUT2D eigenvalue weighted by Crippen LogP contribution is 2.38. The third-order valence-corrected chi connectivity index (χ3v) is 3.83. The Morgan fingerprint density at radius 1 is 1.06 bits per heavy atom. The van der Waals surface area contributed by atoms with E-state index in [0.717, 1.165) is 12.8 Å². The standard InChI is InChI=1S/C12H26BNO2/c1-8-9-10(14(6)7)13-15-11(2,3)12(4,5)16-13/h10H,8-9H2,1-7H3/t10-/m0/s1. The molecule has 0 amide bonds. The summed E-state index contributed by atoms with van der Waals surface area (Å²) in [7, 11) is 4.07. The molecule has 0 aliphatic carbocycles. The van der Waals surface area contributed by atoms with Crippen molar-refractivity contribution in [3.05, 3.63) is 0 Å². The van der Waals surface area contributed by atoms with E-state index in [9.17, 15) is 0 Å². The van der Waals surface area contributed by atoms with Crippen molar-refractivity contribution in [3.8, 4) is 0 Å². The van der Waals surface area contributed by atoms with Crippen LogP contribution in [0.3, 0.4) is 0 Å². The van der Waals surface area contributed by atoms with E-state index >= 15 is 0 Å². The fourth-order valence-electron chi connectivity index (χ4n) is 1.98. The molecule has 0 aromatic rings. The van der Waals surface area contributed by atoms with Crippen molar-refractivity contribution in [3.63, 3.8) is 0 Å². The number of nitrogens with zero attached hydrogens (tertiary/aromatic N) is 1. The van der Waals surface area contributed by atoms with Gasteiger partial charge in [-0.2, -0.15) is 0 Å². The Labute approximate surface area is 101 Å². The third kappa shape index (κ3) is 2.61. The summed E-state index contributed by atoms with van der Waals surface area (Å²) in [5.74, 6) is 0.339. The van der Waals surface area contributed by atoms with Gasteiger partial charge in [-0.1, -0.05) is 13.3 Å². The van der Waals surface area contributed by atoms with Crippen LogP contribution >= 0.6 is 0 Å². The first kappa shape index (κ1) is 14.0. The molecule has 1 aliphatic rings. The molecule has 1 aliphatic heterocycles. The summed E-state index contributed by atoms with van der Waals surface area (Å²) in [6.07, 6.45) is 2.25. The monoisotopic (exact) mass is 227 g/mol. The highest BCUT2D eigenvalue weighted by atomic mass is 16.7. The zero-order chi connectivity index (χ0) is 12.6. The fraction of sp³-hybridized carbons (Fsp3) is 1.00. The summed E-state index contributed by atoms with van der Waals surface area (Å²) >= 11 is 0. The molecule has 1 saturated heterocycles. The molecule has 0 saturated carbocycles. The van der Waals surface area contributed by atoms with Crippen molar-refractivity contribution in [1.29, 1.82) is 0 Å². The van der Waals surface area contributed by atoms with Crippen molar-refractivity contribution in [2.45, 2.75) is 64.6 Å². The molecule has 0 spiro atoms. The Kier molecular flexibility index (Phi) is 4.09. The third-order valence-electron chi connectivity index (χ3n) is 3.83. The van der Waals surface area contributed by atoms with E-state index in [1.807, 2.05) is 0 Å². The molecule has 0 unspecified atom stereocenters. The Morgan fingerprint density at radius 2 is 1.50 bits per heavy atom. The van der Waals surface area contributed by atoms with Gasteiger partial charge in [-0.3, -0.25) is 0 Å². The molecule has 0 aromatic carbocycles. The molecular weight excluding hydrogens is 201 g/mol. The lowest BCUT2D eigenvalue weighted by Crippen LogP contribution is -2.44. The minimum Gasteiger partial charge on any atom is -0.402 e. The quantitative estimate of drug-likeness (QED) is 0.688. The summed E-state index contributed by atoms with van der Waals surface area (Å²) in [5, 5.41) is 0. The van der Waals surface area contributed by atoms with E-state index in [-0.39, 0.29) is 18.3 Å². The van der Waals surface area contributed by atoms with Gasteiger partial charge in [0.15, 0.2) is 0 Å². The Morgan fingerprint density at radius 3 is 1.81 bits per heavy atom. The molecule has 0 aromatic heterocycles. The number of hydrogen-bond donors (Lipinski definition) is 0. The van der Waals surface area contributed by atoms with Crippen LogP contribution in [0.25, 0.3) is 0 Å². The van der Waals surface area contributed by atoms with Crippen molar-refractivity contribution in [2.24, 2.45) is 0 Å². The molecule has 4 heteroatoms. The highest BCUT2D eigenvalue weighted by molar-refractivity contribution is 6.47. The maximum atomic E-state index is 6.08. The van der Waals surface area contributed by atoms with E-state index in [2.05, 4.69) is 53.6 Å². The Bertz CT molecular complexity index is 225. The number of rotatable bonds is 4. The normalized spacial score (nSPS) is 25.1. The molecule has 0 bridgehead atoms. The second-order valence-corrected chi connectivity index (χ2v) is 5.94. The zero-order valence-electron chi connectivity index (χ0n) is 11.8. The number of hydrogen-bond acceptors (Lipinski definition) is 3. The summed E-state index contributed by atoms with van der Waals surface area (Å²) < 4.78 is 12.2. The van der Waals surface area contributed by atoms with Crippen LogP contribution in [-0.2, 0) is 9.31 Å². The zero-order valence-corrected chi connectivity index (χ0v) is 11.8. The predicted octanol–water partition coefficient (Wildman–Crippen LogP) is 2.35. The maximum absolute atomic E-state index is 6.08. The topological polar surface area (TPSA) is 21.7 Å². The molecule has 1 fully saturated rings. The van der Waals surface area contributed by atoms with Gasteiger partial charge in [-0.25, -0.2) is 0 Å². The minimum absolute atomic E-state index is 0.111. The van der Waals surface area contributed by atoms with Gasteiger partial charge >= 0.3 is 7.12 Å². The molecule has 3 nitrogen and oxygen atoms in total. The van der Waals surface area contributed by atoms with Crippen molar-refractivity contribution in [1.82, 2.24) is 4.90 Å². The molecule has 1 rings (SSSR count). The molecule has 94 valence electrons. The van der Waals surface area contributed by atoms with Crippen LogP contribution in [0.2, 0.25) is 0 Å². The van der Waals surface area contributed by atoms with Gasteiger partial charge in [0.2, 0.25) is 0 Å². The average Bonchev–Trinajstić information content (AvgIpc) is 2.31. The van der Waals surface area contributed by atoms with Gasteiger partial charge in [0.1, 0.15) is 0 Å². The second kappa shape index (κ2) is 4.67. The summed E-state index contributed by atoms with van der Waals surface area (Å²) in [5.41, 5.74) is -0.445. The Balaban J connectivity index is 2.76. The van der Waals surface area contributed by atoms with E-state index in [1.165, 1.54) is 0 Å². The SMILES string of the molecule is CCC[C@@H](B1OC(C)(C)C(C)(C)O1)N(C)C. The van der Waals surface area contributed by atoms with Crippen LogP contribution in [0.1, 0.15) is 47.5 Å². The first-order chi connectivity index (χ1) is 7.21. The highest BCUT2D eigenvalue weighted by Gasteiger charge is 2.53. The van der Waals surface area contributed by atoms with E-state index in [1.54, 1.807) is 0 Å². The summed E-state index contributed by atoms with van der Waals surface area (Å²) in [6.45, 7) is 10.6. The predicted molar refractivity (Wildman–Crippen MR) is 68.5 cm³/mol. The first-order valence-electron chi connectivity index (χ1n) is 6.23. The fourth-order valence-corrected chi connectivity index (χ4v) is 1.98. The smallest absolute Gasteiger partial charge is 0.402 e. The second-order valence-electron chi connectivity index (χ2n) is 5.94.